The van der Waals surface area contributed by atoms with Gasteiger partial charge < -0.3 is 20.1 Å². The highest BCUT2D eigenvalue weighted by molar-refractivity contribution is 6.36. The Morgan fingerprint density at radius 3 is 2.50 bits per heavy atom. The van der Waals surface area contributed by atoms with Gasteiger partial charge in [-0.2, -0.15) is 0 Å². The standard InChI is InChI=1S/C31H32Cl2N4O3/c1-19-15-27(21-7-4-5-10-26(21)35-19)36-31(38)34-12-14-37-13-11-20-16-29(39-2)30(40-3)18-22(20)28(37)17-23-24(32)8-6-9-25(23)33/h4-10,15-16,18,28H,11-14,17H2,1-3H3,(H2,34,35,36,38)/t28-/m1/s1. The molecule has 0 saturated heterocycles. The van der Waals surface area contributed by atoms with Gasteiger partial charge in [-0.05, 0) is 72.9 Å². The molecule has 2 heterocycles. The number of hydrogen-bond donors (Lipinski definition) is 2. The Balaban J connectivity index is 1.34. The number of halogens is 2. The maximum atomic E-state index is 12.9. The number of pyridine rings is 1. The van der Waals surface area contributed by atoms with Crippen LogP contribution in [0.4, 0.5) is 10.5 Å². The Hall–Kier alpha value is -3.52. The number of amides is 2. The van der Waals surface area contributed by atoms with Crippen molar-refractivity contribution in [2.24, 2.45) is 0 Å². The number of aromatic nitrogens is 1. The number of hydrogen-bond acceptors (Lipinski definition) is 5. The van der Waals surface area contributed by atoms with E-state index in [9.17, 15) is 4.79 Å². The van der Waals surface area contributed by atoms with Gasteiger partial charge in [-0.15, -0.1) is 0 Å². The summed E-state index contributed by atoms with van der Waals surface area (Å²) in [5, 5.41) is 8.20. The molecule has 9 heteroatoms. The molecular weight excluding hydrogens is 547 g/mol. The van der Waals surface area contributed by atoms with Crippen molar-refractivity contribution in [1.29, 1.82) is 0 Å². The highest BCUT2D eigenvalue weighted by atomic mass is 35.5. The third-order valence-corrected chi connectivity index (χ3v) is 8.06. The van der Waals surface area contributed by atoms with Gasteiger partial charge in [0.15, 0.2) is 11.5 Å². The fourth-order valence-electron chi connectivity index (χ4n) is 5.40. The summed E-state index contributed by atoms with van der Waals surface area (Å²) in [6.45, 7) is 3.83. The first kappa shape index (κ1) is 28.0. The first-order chi connectivity index (χ1) is 19.4. The number of aryl methyl sites for hydroxylation is 1. The fourth-order valence-corrected chi connectivity index (χ4v) is 5.95. The minimum atomic E-state index is -0.259. The molecule has 1 aliphatic rings. The predicted octanol–water partition coefficient (Wildman–Crippen LogP) is 6.83. The average molecular weight is 580 g/mol. The predicted molar refractivity (Wildman–Crippen MR) is 161 cm³/mol. The lowest BCUT2D eigenvalue weighted by atomic mass is 9.88. The molecule has 0 saturated carbocycles. The van der Waals surface area contributed by atoms with Gasteiger partial charge in [0.25, 0.3) is 0 Å². The third-order valence-electron chi connectivity index (χ3n) is 7.35. The second-order valence-electron chi connectivity index (χ2n) is 9.82. The molecule has 40 heavy (non-hydrogen) atoms. The van der Waals surface area contributed by atoms with Crippen LogP contribution in [0.1, 0.15) is 28.4 Å². The highest BCUT2D eigenvalue weighted by Crippen LogP contribution is 2.41. The maximum absolute atomic E-state index is 12.9. The van der Waals surface area contributed by atoms with E-state index in [1.165, 1.54) is 5.56 Å². The summed E-state index contributed by atoms with van der Waals surface area (Å²) in [5.41, 5.74) is 5.66. The van der Waals surface area contributed by atoms with E-state index in [0.717, 1.165) is 46.4 Å². The van der Waals surface area contributed by atoms with Gasteiger partial charge in [-0.3, -0.25) is 9.88 Å². The number of para-hydroxylation sites is 1. The van der Waals surface area contributed by atoms with Crippen molar-refractivity contribution in [1.82, 2.24) is 15.2 Å². The van der Waals surface area contributed by atoms with Gasteiger partial charge in [0.05, 0.1) is 25.4 Å². The number of benzene rings is 3. The van der Waals surface area contributed by atoms with Crippen molar-refractivity contribution in [2.75, 3.05) is 39.2 Å². The minimum Gasteiger partial charge on any atom is -0.493 e. The highest BCUT2D eigenvalue weighted by Gasteiger charge is 2.30. The number of anilines is 1. The first-order valence-electron chi connectivity index (χ1n) is 13.2. The summed E-state index contributed by atoms with van der Waals surface area (Å²) in [6.07, 6.45) is 1.46. The number of fused-ring (bicyclic) bond motifs is 2. The van der Waals surface area contributed by atoms with Crippen molar-refractivity contribution in [2.45, 2.75) is 25.8 Å². The molecule has 4 aromatic rings. The number of nitrogens with zero attached hydrogens (tertiary/aromatic N) is 2. The number of rotatable bonds is 8. The molecule has 2 amide bonds. The van der Waals surface area contributed by atoms with Crippen LogP contribution >= 0.6 is 23.2 Å². The zero-order valence-electron chi connectivity index (χ0n) is 22.8. The zero-order valence-corrected chi connectivity index (χ0v) is 24.3. The number of urea groups is 1. The lowest BCUT2D eigenvalue weighted by molar-refractivity contribution is 0.183. The van der Waals surface area contributed by atoms with Crippen molar-refractivity contribution < 1.29 is 14.3 Å². The Morgan fingerprint density at radius 1 is 1.02 bits per heavy atom. The van der Waals surface area contributed by atoms with Crippen LogP contribution in [0.5, 0.6) is 11.5 Å². The fraction of sp³-hybridized carbons (Fsp3) is 0.290. The molecule has 0 fully saturated rings. The van der Waals surface area contributed by atoms with Gasteiger partial charge in [0.2, 0.25) is 0 Å². The van der Waals surface area contributed by atoms with E-state index in [2.05, 4.69) is 26.6 Å². The van der Waals surface area contributed by atoms with Crippen molar-refractivity contribution in [3.63, 3.8) is 0 Å². The molecule has 5 rings (SSSR count). The van der Waals surface area contributed by atoms with E-state index in [0.29, 0.717) is 41.1 Å². The van der Waals surface area contributed by atoms with Crippen LogP contribution in [0.2, 0.25) is 10.0 Å². The average Bonchev–Trinajstić information content (AvgIpc) is 2.94. The quantitative estimate of drug-likeness (QED) is 0.239. The van der Waals surface area contributed by atoms with Crippen LogP contribution in [0, 0.1) is 6.92 Å². The molecule has 3 aromatic carbocycles. The Labute approximate surface area is 244 Å². The van der Waals surface area contributed by atoms with Crippen LogP contribution in [-0.4, -0.2) is 49.8 Å². The molecule has 1 aromatic heterocycles. The molecule has 1 atom stereocenters. The molecule has 7 nitrogen and oxygen atoms in total. The van der Waals surface area contributed by atoms with Crippen molar-refractivity contribution in [3.8, 4) is 11.5 Å². The molecule has 208 valence electrons. The van der Waals surface area contributed by atoms with E-state index in [1.54, 1.807) is 14.2 Å². The van der Waals surface area contributed by atoms with Gasteiger partial charge >= 0.3 is 6.03 Å². The summed E-state index contributed by atoms with van der Waals surface area (Å²) < 4.78 is 11.2. The molecule has 1 aliphatic heterocycles. The molecule has 0 radical (unpaired) electrons. The summed E-state index contributed by atoms with van der Waals surface area (Å²) >= 11 is 13.2. The van der Waals surface area contributed by atoms with Crippen molar-refractivity contribution >= 4 is 45.8 Å². The van der Waals surface area contributed by atoms with Gasteiger partial charge in [-0.1, -0.05) is 47.5 Å². The SMILES string of the molecule is COc1cc2c(cc1OC)[C@@H](Cc1c(Cl)cccc1Cl)N(CCNC(=O)Nc1cc(C)nc3ccccc13)CC2. The van der Waals surface area contributed by atoms with Crippen LogP contribution < -0.4 is 20.1 Å². The maximum Gasteiger partial charge on any atom is 0.319 e. The largest absolute Gasteiger partial charge is 0.493 e. The summed E-state index contributed by atoms with van der Waals surface area (Å²) in [4.78, 5) is 19.8. The molecule has 0 bridgehead atoms. The Kier molecular flexibility index (Phi) is 8.64. The third kappa shape index (κ3) is 5.97. The molecule has 2 N–H and O–H groups in total. The van der Waals surface area contributed by atoms with E-state index >= 15 is 0 Å². The topological polar surface area (TPSA) is 75.7 Å². The van der Waals surface area contributed by atoms with Gasteiger partial charge in [0.1, 0.15) is 0 Å². The number of carbonyl (C=O) groups excluding carboxylic acids is 1. The smallest absolute Gasteiger partial charge is 0.319 e. The minimum absolute atomic E-state index is 0.0161. The van der Waals surface area contributed by atoms with Gasteiger partial charge in [-0.25, -0.2) is 4.79 Å². The Bertz CT molecular complexity index is 1520. The monoisotopic (exact) mass is 578 g/mol. The summed E-state index contributed by atoms with van der Waals surface area (Å²) in [7, 11) is 3.29. The summed E-state index contributed by atoms with van der Waals surface area (Å²) in [6, 6.07) is 19.1. The lowest BCUT2D eigenvalue weighted by Gasteiger charge is -2.38. The van der Waals surface area contributed by atoms with E-state index < -0.39 is 0 Å². The van der Waals surface area contributed by atoms with E-state index in [-0.39, 0.29) is 12.1 Å². The van der Waals surface area contributed by atoms with Crippen molar-refractivity contribution in [3.05, 3.63) is 93.1 Å². The Morgan fingerprint density at radius 2 is 1.75 bits per heavy atom. The van der Waals surface area contributed by atoms with E-state index in [4.69, 9.17) is 32.7 Å². The van der Waals surface area contributed by atoms with E-state index in [1.807, 2.05) is 61.5 Å². The normalized spacial score (nSPS) is 15.0. The molecular formula is C31H32Cl2N4O3. The molecule has 0 unspecified atom stereocenters. The van der Waals surface area contributed by atoms with Crippen LogP contribution in [0.15, 0.2) is 60.7 Å². The van der Waals surface area contributed by atoms with Crippen LogP contribution in [-0.2, 0) is 12.8 Å². The number of methoxy groups -OCH3 is 2. The zero-order chi connectivity index (χ0) is 28.2. The number of nitrogens with one attached hydrogen (secondary N) is 2. The van der Waals surface area contributed by atoms with Gasteiger partial charge in [0, 0.05) is 46.8 Å². The first-order valence-corrected chi connectivity index (χ1v) is 14.0. The molecule has 0 aliphatic carbocycles. The number of carbonyl (C=O) groups is 1. The lowest BCUT2D eigenvalue weighted by Crippen LogP contribution is -2.42. The number of ether oxygens (including phenoxy) is 2. The second kappa shape index (κ2) is 12.3. The summed E-state index contributed by atoms with van der Waals surface area (Å²) in [5.74, 6) is 1.39. The van der Waals surface area contributed by atoms with Crippen LogP contribution in [0.3, 0.4) is 0 Å². The molecule has 0 spiro atoms. The van der Waals surface area contributed by atoms with Crippen LogP contribution in [0.25, 0.3) is 10.9 Å². The second-order valence-corrected chi connectivity index (χ2v) is 10.6.